The van der Waals surface area contributed by atoms with E-state index >= 15 is 0 Å². The average Bonchev–Trinajstić information content (AvgIpc) is 2.44. The number of carbonyl (C=O) groups excluding carboxylic acids is 1. The van der Waals surface area contributed by atoms with Crippen molar-refractivity contribution in [3.05, 3.63) is 29.6 Å². The lowest BCUT2D eigenvalue weighted by molar-refractivity contribution is -0.143. The van der Waals surface area contributed by atoms with Crippen LogP contribution in [0.25, 0.3) is 0 Å². The van der Waals surface area contributed by atoms with Gasteiger partial charge in [-0.25, -0.2) is 9.18 Å². The first-order chi connectivity index (χ1) is 9.49. The number of aliphatic carboxylic acids is 1. The van der Waals surface area contributed by atoms with E-state index in [2.05, 4.69) is 5.32 Å². The van der Waals surface area contributed by atoms with Crippen LogP contribution in [0.2, 0.25) is 0 Å². The van der Waals surface area contributed by atoms with E-state index in [-0.39, 0.29) is 12.2 Å². The second kappa shape index (κ2) is 5.90. The van der Waals surface area contributed by atoms with Crippen LogP contribution in [0, 0.1) is 18.7 Å². The second-order valence-electron chi connectivity index (χ2n) is 4.99. The number of benzene rings is 1. The molecule has 5 nitrogen and oxygen atoms in total. The number of carbonyl (C=O) groups is 2. The van der Waals surface area contributed by atoms with Gasteiger partial charge in [0.25, 0.3) is 0 Å². The normalized spacial score (nSPS) is 18.7. The summed E-state index contributed by atoms with van der Waals surface area (Å²) < 4.78 is 13.8. The van der Waals surface area contributed by atoms with Crippen molar-refractivity contribution in [2.75, 3.05) is 18.4 Å². The summed E-state index contributed by atoms with van der Waals surface area (Å²) in [5, 5.41) is 11.5. The SMILES string of the molecule is Cc1cccc(NC(=O)N2CCCC(C(=O)O)C2)c1F. The maximum Gasteiger partial charge on any atom is 0.321 e. The van der Waals surface area contributed by atoms with Crippen LogP contribution in [0.1, 0.15) is 18.4 Å². The van der Waals surface area contributed by atoms with Crippen molar-refractivity contribution in [3.8, 4) is 0 Å². The fraction of sp³-hybridized carbons (Fsp3) is 0.429. The summed E-state index contributed by atoms with van der Waals surface area (Å²) in [6.45, 7) is 2.27. The zero-order valence-electron chi connectivity index (χ0n) is 11.2. The number of carboxylic acid groups (broad SMARTS) is 1. The van der Waals surface area contributed by atoms with Gasteiger partial charge < -0.3 is 15.3 Å². The van der Waals surface area contributed by atoms with E-state index in [9.17, 15) is 14.0 Å². The molecule has 2 N–H and O–H groups in total. The van der Waals surface area contributed by atoms with E-state index in [4.69, 9.17) is 5.11 Å². The molecule has 6 heteroatoms. The van der Waals surface area contributed by atoms with Crippen LogP contribution in [-0.4, -0.2) is 35.1 Å². The number of anilines is 1. The van der Waals surface area contributed by atoms with Crippen LogP contribution in [0.5, 0.6) is 0 Å². The molecule has 0 spiro atoms. The summed E-state index contributed by atoms with van der Waals surface area (Å²) in [5.41, 5.74) is 0.567. The van der Waals surface area contributed by atoms with Crippen LogP contribution in [0.3, 0.4) is 0 Å². The van der Waals surface area contributed by atoms with Gasteiger partial charge in [-0.2, -0.15) is 0 Å². The number of urea groups is 1. The molecule has 1 atom stereocenters. The van der Waals surface area contributed by atoms with E-state index in [1.54, 1.807) is 19.1 Å². The van der Waals surface area contributed by atoms with Crippen molar-refractivity contribution >= 4 is 17.7 Å². The number of carboxylic acids is 1. The number of likely N-dealkylation sites (tertiary alicyclic amines) is 1. The lowest BCUT2D eigenvalue weighted by Crippen LogP contribution is -2.44. The summed E-state index contributed by atoms with van der Waals surface area (Å²) in [5.74, 6) is -1.91. The average molecular weight is 280 g/mol. The number of amides is 2. The topological polar surface area (TPSA) is 69.6 Å². The standard InChI is InChI=1S/C14H17FN2O3/c1-9-4-2-6-11(12(9)15)16-14(20)17-7-3-5-10(8-17)13(18)19/h2,4,6,10H,3,5,7-8H2,1H3,(H,16,20)(H,18,19). The second-order valence-corrected chi connectivity index (χ2v) is 4.99. The predicted octanol–water partition coefficient (Wildman–Crippen LogP) is 2.46. The molecule has 108 valence electrons. The molecular formula is C14H17FN2O3. The minimum atomic E-state index is -0.899. The molecule has 0 radical (unpaired) electrons. The molecule has 1 aromatic rings. The maximum absolute atomic E-state index is 13.8. The van der Waals surface area contributed by atoms with Crippen LogP contribution >= 0.6 is 0 Å². The molecule has 1 fully saturated rings. The minimum absolute atomic E-state index is 0.118. The smallest absolute Gasteiger partial charge is 0.321 e. The summed E-state index contributed by atoms with van der Waals surface area (Å²) >= 11 is 0. The van der Waals surface area contributed by atoms with Crippen molar-refractivity contribution in [2.45, 2.75) is 19.8 Å². The molecular weight excluding hydrogens is 263 g/mol. The lowest BCUT2D eigenvalue weighted by Gasteiger charge is -2.30. The van der Waals surface area contributed by atoms with E-state index in [1.165, 1.54) is 11.0 Å². The van der Waals surface area contributed by atoms with E-state index in [0.29, 0.717) is 24.9 Å². The molecule has 1 heterocycles. The Kier molecular flexibility index (Phi) is 4.22. The lowest BCUT2D eigenvalue weighted by atomic mass is 9.99. The van der Waals surface area contributed by atoms with Crippen molar-refractivity contribution in [3.63, 3.8) is 0 Å². The Bertz CT molecular complexity index is 533. The molecule has 0 saturated carbocycles. The van der Waals surface area contributed by atoms with Gasteiger partial charge in [-0.15, -0.1) is 0 Å². The van der Waals surface area contributed by atoms with Gasteiger partial charge in [0.05, 0.1) is 11.6 Å². The first-order valence-electron chi connectivity index (χ1n) is 6.53. The van der Waals surface area contributed by atoms with Gasteiger partial charge in [-0.3, -0.25) is 4.79 Å². The van der Waals surface area contributed by atoms with Gasteiger partial charge in [0, 0.05) is 13.1 Å². The summed E-state index contributed by atoms with van der Waals surface area (Å²) in [4.78, 5) is 24.4. The Labute approximate surface area is 116 Å². The van der Waals surface area contributed by atoms with Gasteiger partial charge in [-0.05, 0) is 31.4 Å². The van der Waals surface area contributed by atoms with Crippen LogP contribution < -0.4 is 5.32 Å². The highest BCUT2D eigenvalue weighted by Crippen LogP contribution is 2.20. The van der Waals surface area contributed by atoms with Gasteiger partial charge in [0.2, 0.25) is 0 Å². The predicted molar refractivity (Wildman–Crippen MR) is 72.1 cm³/mol. The van der Waals surface area contributed by atoms with Gasteiger partial charge >= 0.3 is 12.0 Å². The molecule has 1 aliphatic rings. The third-order valence-electron chi connectivity index (χ3n) is 3.49. The Morgan fingerprint density at radius 1 is 1.45 bits per heavy atom. The molecule has 1 aromatic carbocycles. The molecule has 2 amide bonds. The molecule has 2 rings (SSSR count). The van der Waals surface area contributed by atoms with Gasteiger partial charge in [0.15, 0.2) is 0 Å². The van der Waals surface area contributed by atoms with Gasteiger partial charge in [-0.1, -0.05) is 12.1 Å². The van der Waals surface area contributed by atoms with Crippen LogP contribution in [0.4, 0.5) is 14.9 Å². The highest BCUT2D eigenvalue weighted by molar-refractivity contribution is 5.90. The first kappa shape index (κ1) is 14.3. The first-order valence-corrected chi connectivity index (χ1v) is 6.53. The zero-order valence-corrected chi connectivity index (χ0v) is 11.2. The number of nitrogens with zero attached hydrogens (tertiary/aromatic N) is 1. The molecule has 1 aliphatic heterocycles. The largest absolute Gasteiger partial charge is 0.481 e. The van der Waals surface area contributed by atoms with Crippen molar-refractivity contribution in [2.24, 2.45) is 5.92 Å². The quantitative estimate of drug-likeness (QED) is 0.874. The van der Waals surface area contributed by atoms with E-state index in [1.807, 2.05) is 0 Å². The monoisotopic (exact) mass is 280 g/mol. The zero-order chi connectivity index (χ0) is 14.7. The van der Waals surface area contributed by atoms with Crippen molar-refractivity contribution in [1.29, 1.82) is 0 Å². The Morgan fingerprint density at radius 2 is 2.20 bits per heavy atom. The Balaban J connectivity index is 2.04. The number of nitrogens with one attached hydrogen (secondary N) is 1. The number of hydrogen-bond acceptors (Lipinski definition) is 2. The fourth-order valence-electron chi connectivity index (χ4n) is 2.30. The molecule has 0 aliphatic carbocycles. The number of rotatable bonds is 2. The Hall–Kier alpha value is -2.11. The molecule has 0 aromatic heterocycles. The molecule has 20 heavy (non-hydrogen) atoms. The molecule has 1 unspecified atom stereocenters. The summed E-state index contributed by atoms with van der Waals surface area (Å²) in [6, 6.07) is 4.30. The van der Waals surface area contributed by atoms with Gasteiger partial charge in [0.1, 0.15) is 5.82 Å². The number of piperidine rings is 1. The summed E-state index contributed by atoms with van der Waals surface area (Å²) in [7, 11) is 0. The minimum Gasteiger partial charge on any atom is -0.481 e. The number of aryl methyl sites for hydroxylation is 1. The van der Waals surface area contributed by atoms with E-state index < -0.39 is 23.7 Å². The third-order valence-corrected chi connectivity index (χ3v) is 3.49. The van der Waals surface area contributed by atoms with E-state index in [0.717, 1.165) is 0 Å². The van der Waals surface area contributed by atoms with Crippen LogP contribution in [0.15, 0.2) is 18.2 Å². The highest BCUT2D eigenvalue weighted by atomic mass is 19.1. The Morgan fingerprint density at radius 3 is 2.90 bits per heavy atom. The van der Waals surface area contributed by atoms with Crippen molar-refractivity contribution < 1.29 is 19.1 Å². The number of hydrogen-bond donors (Lipinski definition) is 2. The number of halogens is 1. The summed E-state index contributed by atoms with van der Waals surface area (Å²) in [6.07, 6.45) is 1.21. The molecule has 0 bridgehead atoms. The maximum atomic E-state index is 13.8. The fourth-order valence-corrected chi connectivity index (χ4v) is 2.30. The third kappa shape index (κ3) is 3.07. The highest BCUT2D eigenvalue weighted by Gasteiger charge is 2.28. The van der Waals surface area contributed by atoms with Crippen molar-refractivity contribution in [1.82, 2.24) is 4.90 Å². The molecule has 1 saturated heterocycles. The van der Waals surface area contributed by atoms with Crippen LogP contribution in [-0.2, 0) is 4.79 Å².